The second-order valence-electron chi connectivity index (χ2n) is 6.45. The molecule has 0 bridgehead atoms. The predicted octanol–water partition coefficient (Wildman–Crippen LogP) is 3.57. The molecule has 0 aliphatic carbocycles. The monoisotopic (exact) mass is 306 g/mol. The standard InChI is InChI=1S/C16H24N2O2.C2H6/c1-12(19)17-18-14(20)16(4,5)11-15(2,3)13-9-7-6-8-10-13;1-2/h6-10H,11H2,1-5H3,(H,17,19)(H,18,20);1-2H3. The molecule has 0 heterocycles. The zero-order chi connectivity index (χ0) is 17.4. The van der Waals surface area contributed by atoms with Crippen LogP contribution in [0.15, 0.2) is 30.3 Å². The number of carbonyl (C=O) groups excluding carboxylic acids is 2. The topological polar surface area (TPSA) is 58.2 Å². The van der Waals surface area contributed by atoms with Gasteiger partial charge in [-0.2, -0.15) is 0 Å². The fraction of sp³-hybridized carbons (Fsp3) is 0.556. The summed E-state index contributed by atoms with van der Waals surface area (Å²) in [7, 11) is 0. The van der Waals surface area contributed by atoms with E-state index in [1.165, 1.54) is 12.5 Å². The maximum atomic E-state index is 12.2. The minimum absolute atomic E-state index is 0.127. The van der Waals surface area contributed by atoms with E-state index < -0.39 is 5.41 Å². The van der Waals surface area contributed by atoms with Gasteiger partial charge in [0.25, 0.3) is 0 Å². The van der Waals surface area contributed by atoms with Crippen LogP contribution in [0.2, 0.25) is 0 Å². The molecular formula is C18H30N2O2. The van der Waals surface area contributed by atoms with E-state index in [9.17, 15) is 9.59 Å². The molecule has 4 nitrogen and oxygen atoms in total. The van der Waals surface area contributed by atoms with Gasteiger partial charge in [0.1, 0.15) is 0 Å². The third kappa shape index (κ3) is 6.29. The molecule has 1 aromatic carbocycles. The van der Waals surface area contributed by atoms with Gasteiger partial charge in [-0.3, -0.25) is 20.4 Å². The van der Waals surface area contributed by atoms with Crippen LogP contribution in [0, 0.1) is 5.41 Å². The second-order valence-corrected chi connectivity index (χ2v) is 6.45. The molecule has 0 unspecified atom stereocenters. The molecule has 22 heavy (non-hydrogen) atoms. The molecule has 1 aromatic rings. The van der Waals surface area contributed by atoms with Gasteiger partial charge in [0.2, 0.25) is 11.8 Å². The SMILES string of the molecule is CC.CC(=O)NNC(=O)C(C)(C)CC(C)(C)c1ccccc1. The van der Waals surface area contributed by atoms with Crippen molar-refractivity contribution < 1.29 is 9.59 Å². The van der Waals surface area contributed by atoms with Gasteiger partial charge in [-0.05, 0) is 17.4 Å². The third-order valence-corrected chi connectivity index (χ3v) is 3.41. The molecule has 0 fully saturated rings. The van der Waals surface area contributed by atoms with Crippen molar-refractivity contribution in [3.8, 4) is 0 Å². The number of hydrogen-bond acceptors (Lipinski definition) is 2. The highest BCUT2D eigenvalue weighted by atomic mass is 16.2. The molecule has 0 aromatic heterocycles. The van der Waals surface area contributed by atoms with Crippen LogP contribution in [0.25, 0.3) is 0 Å². The molecule has 0 aliphatic rings. The molecule has 0 atom stereocenters. The largest absolute Gasteiger partial charge is 0.274 e. The lowest BCUT2D eigenvalue weighted by atomic mass is 9.71. The maximum Gasteiger partial charge on any atom is 0.244 e. The summed E-state index contributed by atoms with van der Waals surface area (Å²) in [5, 5.41) is 0. The third-order valence-electron chi connectivity index (χ3n) is 3.41. The van der Waals surface area contributed by atoms with Crippen LogP contribution in [0.4, 0.5) is 0 Å². The summed E-state index contributed by atoms with van der Waals surface area (Å²) in [6, 6.07) is 10.1. The highest BCUT2D eigenvalue weighted by molar-refractivity contribution is 5.84. The number of amides is 2. The molecule has 0 radical (unpaired) electrons. The number of rotatable bonds is 4. The molecule has 0 aliphatic heterocycles. The molecule has 124 valence electrons. The van der Waals surface area contributed by atoms with E-state index in [-0.39, 0.29) is 17.2 Å². The van der Waals surface area contributed by atoms with Crippen molar-refractivity contribution in [3.63, 3.8) is 0 Å². The van der Waals surface area contributed by atoms with Crippen molar-refractivity contribution in [2.24, 2.45) is 5.41 Å². The molecule has 1 rings (SSSR count). The molecule has 0 saturated heterocycles. The average Bonchev–Trinajstić information content (AvgIpc) is 2.46. The smallest absolute Gasteiger partial charge is 0.244 e. The van der Waals surface area contributed by atoms with Crippen molar-refractivity contribution >= 4 is 11.8 Å². The number of hydrazine groups is 1. The number of nitrogens with one attached hydrogen (secondary N) is 2. The lowest BCUT2D eigenvalue weighted by Crippen LogP contribution is -2.48. The van der Waals surface area contributed by atoms with Crippen LogP contribution in [0.5, 0.6) is 0 Å². The van der Waals surface area contributed by atoms with Gasteiger partial charge < -0.3 is 0 Å². The molecule has 4 heteroatoms. The summed E-state index contributed by atoms with van der Waals surface area (Å²) < 4.78 is 0. The Hall–Kier alpha value is -1.84. The first kappa shape index (κ1) is 20.2. The Morgan fingerprint density at radius 2 is 1.45 bits per heavy atom. The van der Waals surface area contributed by atoms with Gasteiger partial charge >= 0.3 is 0 Å². The highest BCUT2D eigenvalue weighted by Gasteiger charge is 2.35. The van der Waals surface area contributed by atoms with E-state index in [4.69, 9.17) is 0 Å². The fourth-order valence-electron chi connectivity index (χ4n) is 2.49. The lowest BCUT2D eigenvalue weighted by molar-refractivity contribution is -0.134. The van der Waals surface area contributed by atoms with Gasteiger partial charge in [-0.1, -0.05) is 71.9 Å². The van der Waals surface area contributed by atoms with E-state index >= 15 is 0 Å². The van der Waals surface area contributed by atoms with Crippen molar-refractivity contribution in [3.05, 3.63) is 35.9 Å². The maximum absolute atomic E-state index is 12.2. The van der Waals surface area contributed by atoms with Crippen molar-refractivity contribution in [1.29, 1.82) is 0 Å². The Labute approximate surface area is 134 Å². The molecule has 2 N–H and O–H groups in total. The van der Waals surface area contributed by atoms with E-state index in [0.29, 0.717) is 6.42 Å². The zero-order valence-corrected chi connectivity index (χ0v) is 14.9. The summed E-state index contributed by atoms with van der Waals surface area (Å²) >= 11 is 0. The Kier molecular flexibility index (Phi) is 7.85. The molecule has 0 spiro atoms. The Balaban J connectivity index is 0.00000211. The van der Waals surface area contributed by atoms with E-state index in [0.717, 1.165) is 0 Å². The Morgan fingerprint density at radius 3 is 1.91 bits per heavy atom. The minimum atomic E-state index is -0.582. The van der Waals surface area contributed by atoms with Gasteiger partial charge in [-0.15, -0.1) is 0 Å². The first-order valence-electron chi connectivity index (χ1n) is 7.78. The Bertz CT molecular complexity index is 479. The van der Waals surface area contributed by atoms with Crippen LogP contribution in [0.3, 0.4) is 0 Å². The van der Waals surface area contributed by atoms with Gasteiger partial charge in [0.05, 0.1) is 0 Å². The summed E-state index contributed by atoms with van der Waals surface area (Å²) in [5.74, 6) is -0.465. The van der Waals surface area contributed by atoms with E-state index in [1.54, 1.807) is 0 Å². The first-order chi connectivity index (χ1) is 10.1. The summed E-state index contributed by atoms with van der Waals surface area (Å²) in [6.07, 6.45) is 0.676. The van der Waals surface area contributed by atoms with Crippen molar-refractivity contribution in [1.82, 2.24) is 10.9 Å². The van der Waals surface area contributed by atoms with Gasteiger partial charge in [-0.25, -0.2) is 0 Å². The van der Waals surface area contributed by atoms with Gasteiger partial charge in [0.15, 0.2) is 0 Å². The minimum Gasteiger partial charge on any atom is -0.274 e. The van der Waals surface area contributed by atoms with Crippen molar-refractivity contribution in [2.45, 2.75) is 60.3 Å². The van der Waals surface area contributed by atoms with Crippen LogP contribution < -0.4 is 10.9 Å². The average molecular weight is 306 g/mol. The van der Waals surface area contributed by atoms with E-state index in [1.807, 2.05) is 45.9 Å². The Morgan fingerprint density at radius 1 is 0.955 bits per heavy atom. The molecule has 0 saturated carbocycles. The van der Waals surface area contributed by atoms with Crippen LogP contribution in [-0.4, -0.2) is 11.8 Å². The summed E-state index contributed by atoms with van der Waals surface area (Å²) in [6.45, 7) is 13.4. The fourth-order valence-corrected chi connectivity index (χ4v) is 2.49. The summed E-state index contributed by atoms with van der Waals surface area (Å²) in [5.41, 5.74) is 5.28. The lowest BCUT2D eigenvalue weighted by Gasteiger charge is -2.34. The van der Waals surface area contributed by atoms with Crippen LogP contribution in [-0.2, 0) is 15.0 Å². The summed E-state index contributed by atoms with van der Waals surface area (Å²) in [4.78, 5) is 23.0. The number of hydrogen-bond donors (Lipinski definition) is 2. The van der Waals surface area contributed by atoms with Crippen LogP contribution in [0.1, 0.15) is 60.5 Å². The van der Waals surface area contributed by atoms with Gasteiger partial charge in [0, 0.05) is 12.3 Å². The molecular weight excluding hydrogens is 276 g/mol. The quantitative estimate of drug-likeness (QED) is 0.835. The van der Waals surface area contributed by atoms with Crippen LogP contribution >= 0.6 is 0 Å². The molecule has 2 amide bonds. The number of carbonyl (C=O) groups is 2. The zero-order valence-electron chi connectivity index (χ0n) is 14.9. The first-order valence-corrected chi connectivity index (χ1v) is 7.78. The highest BCUT2D eigenvalue weighted by Crippen LogP contribution is 2.36. The van der Waals surface area contributed by atoms with E-state index in [2.05, 4.69) is 36.8 Å². The number of benzene rings is 1. The second kappa shape index (κ2) is 8.57. The predicted molar refractivity (Wildman–Crippen MR) is 91.2 cm³/mol. The normalized spacial score (nSPS) is 11.0. The van der Waals surface area contributed by atoms with Crippen molar-refractivity contribution in [2.75, 3.05) is 0 Å².